The largest absolute Gasteiger partial charge is 0.484 e. The maximum absolute atomic E-state index is 11.7. The number of hydrogen-bond acceptors (Lipinski definition) is 4. The van der Waals surface area contributed by atoms with Crippen LogP contribution in [0.15, 0.2) is 24.3 Å². The monoisotopic (exact) mass is 281 g/mol. The Morgan fingerprint density at radius 1 is 1.35 bits per heavy atom. The van der Waals surface area contributed by atoms with E-state index < -0.39 is 5.54 Å². The Hall–Kier alpha value is -1.59. The topological polar surface area (TPSA) is 78.8 Å². The minimum Gasteiger partial charge on any atom is -0.484 e. The number of aliphatic hydroxyl groups is 2. The number of aliphatic hydroxyl groups excluding tert-OH is 2. The molecule has 0 fully saturated rings. The van der Waals surface area contributed by atoms with Crippen molar-refractivity contribution in [2.24, 2.45) is 0 Å². The van der Waals surface area contributed by atoms with Gasteiger partial charge in [-0.3, -0.25) is 4.79 Å². The van der Waals surface area contributed by atoms with Crippen LogP contribution in [0.3, 0.4) is 0 Å². The summed E-state index contributed by atoms with van der Waals surface area (Å²) in [6.45, 7) is 4.90. The molecule has 5 heteroatoms. The van der Waals surface area contributed by atoms with Gasteiger partial charge < -0.3 is 20.3 Å². The Kier molecular flexibility index (Phi) is 5.98. The molecule has 5 nitrogen and oxygen atoms in total. The summed E-state index contributed by atoms with van der Waals surface area (Å²) in [6, 6.07) is 7.58. The smallest absolute Gasteiger partial charge is 0.258 e. The minimum atomic E-state index is -1.03. The van der Waals surface area contributed by atoms with Crippen LogP contribution in [0.5, 0.6) is 5.75 Å². The molecule has 0 atom stereocenters. The van der Waals surface area contributed by atoms with Crippen LogP contribution >= 0.6 is 0 Å². The SMILES string of the molecule is CC(C)c1cccc(OCC(=O)NC(C)(CO)CO)c1. The highest BCUT2D eigenvalue weighted by molar-refractivity contribution is 5.78. The number of carbonyl (C=O) groups excluding carboxylic acids is 1. The summed E-state index contributed by atoms with van der Waals surface area (Å²) in [7, 11) is 0. The molecule has 0 aromatic heterocycles. The number of nitrogens with one attached hydrogen (secondary N) is 1. The van der Waals surface area contributed by atoms with E-state index >= 15 is 0 Å². The van der Waals surface area contributed by atoms with Gasteiger partial charge in [0, 0.05) is 0 Å². The Morgan fingerprint density at radius 3 is 2.55 bits per heavy atom. The Morgan fingerprint density at radius 2 is 2.00 bits per heavy atom. The summed E-state index contributed by atoms with van der Waals surface area (Å²) in [5.41, 5.74) is 0.110. The van der Waals surface area contributed by atoms with Gasteiger partial charge in [0.05, 0.1) is 18.8 Å². The average Bonchev–Trinajstić information content (AvgIpc) is 2.45. The molecule has 0 aliphatic rings. The van der Waals surface area contributed by atoms with E-state index in [1.54, 1.807) is 13.0 Å². The molecule has 20 heavy (non-hydrogen) atoms. The fourth-order valence-corrected chi connectivity index (χ4v) is 1.61. The molecule has 0 aliphatic heterocycles. The van der Waals surface area contributed by atoms with Gasteiger partial charge in [0.25, 0.3) is 5.91 Å². The van der Waals surface area contributed by atoms with Crippen molar-refractivity contribution in [3.63, 3.8) is 0 Å². The van der Waals surface area contributed by atoms with Crippen LogP contribution in [0.4, 0.5) is 0 Å². The van der Waals surface area contributed by atoms with Crippen LogP contribution in [0.1, 0.15) is 32.3 Å². The van der Waals surface area contributed by atoms with Crippen molar-refractivity contribution < 1.29 is 19.7 Å². The number of amides is 1. The van der Waals surface area contributed by atoms with Crippen LogP contribution in [-0.2, 0) is 4.79 Å². The summed E-state index contributed by atoms with van der Waals surface area (Å²) in [5, 5.41) is 20.7. The fourth-order valence-electron chi connectivity index (χ4n) is 1.61. The highest BCUT2D eigenvalue weighted by Crippen LogP contribution is 2.20. The summed E-state index contributed by atoms with van der Waals surface area (Å²) < 4.78 is 5.42. The third kappa shape index (κ3) is 4.83. The van der Waals surface area contributed by atoms with Crippen molar-refractivity contribution in [3.8, 4) is 5.75 Å². The Labute approximate surface area is 119 Å². The molecule has 3 N–H and O–H groups in total. The second-order valence-electron chi connectivity index (χ2n) is 5.44. The van der Waals surface area contributed by atoms with Crippen LogP contribution in [0, 0.1) is 0 Å². The molecule has 1 aromatic rings. The molecule has 0 spiro atoms. The molecule has 0 bridgehead atoms. The molecular weight excluding hydrogens is 258 g/mol. The van der Waals surface area contributed by atoms with E-state index in [0.29, 0.717) is 11.7 Å². The first-order chi connectivity index (χ1) is 9.40. The van der Waals surface area contributed by atoms with E-state index in [9.17, 15) is 4.79 Å². The minimum absolute atomic E-state index is 0.156. The maximum Gasteiger partial charge on any atom is 0.258 e. The van der Waals surface area contributed by atoms with Gasteiger partial charge in [0.1, 0.15) is 5.75 Å². The molecule has 1 rings (SSSR count). The lowest BCUT2D eigenvalue weighted by atomic mass is 10.0. The number of carbonyl (C=O) groups is 1. The van der Waals surface area contributed by atoms with Gasteiger partial charge >= 0.3 is 0 Å². The van der Waals surface area contributed by atoms with E-state index in [2.05, 4.69) is 19.2 Å². The lowest BCUT2D eigenvalue weighted by molar-refractivity contribution is -0.126. The Bertz CT molecular complexity index is 441. The molecule has 0 unspecified atom stereocenters. The summed E-state index contributed by atoms with van der Waals surface area (Å²) in [5.74, 6) is 0.631. The van der Waals surface area contributed by atoms with Crippen LogP contribution in [0.25, 0.3) is 0 Å². The van der Waals surface area contributed by atoms with Crippen molar-refractivity contribution in [1.29, 1.82) is 0 Å². The van der Waals surface area contributed by atoms with E-state index in [1.165, 1.54) is 0 Å². The third-order valence-electron chi connectivity index (χ3n) is 3.03. The number of rotatable bonds is 7. The molecule has 1 aromatic carbocycles. The molecule has 0 saturated heterocycles. The molecule has 112 valence electrons. The molecule has 1 amide bonds. The van der Waals surface area contributed by atoms with E-state index in [-0.39, 0.29) is 25.7 Å². The van der Waals surface area contributed by atoms with Crippen molar-refractivity contribution >= 4 is 5.91 Å². The average molecular weight is 281 g/mol. The first-order valence-electron chi connectivity index (χ1n) is 6.65. The second-order valence-corrected chi connectivity index (χ2v) is 5.44. The zero-order valence-electron chi connectivity index (χ0n) is 12.2. The third-order valence-corrected chi connectivity index (χ3v) is 3.03. The van der Waals surface area contributed by atoms with Gasteiger partial charge in [-0.05, 0) is 30.5 Å². The number of ether oxygens (including phenoxy) is 1. The van der Waals surface area contributed by atoms with Crippen molar-refractivity contribution in [2.45, 2.75) is 32.2 Å². The predicted molar refractivity (Wildman–Crippen MR) is 76.7 cm³/mol. The second kappa shape index (κ2) is 7.26. The van der Waals surface area contributed by atoms with Gasteiger partial charge in [0.2, 0.25) is 0 Å². The molecule has 0 saturated carbocycles. The van der Waals surface area contributed by atoms with Crippen LogP contribution in [0.2, 0.25) is 0 Å². The predicted octanol–water partition coefficient (Wildman–Crippen LogP) is 1.05. The van der Waals surface area contributed by atoms with Gasteiger partial charge in [-0.2, -0.15) is 0 Å². The van der Waals surface area contributed by atoms with Gasteiger partial charge in [-0.15, -0.1) is 0 Å². The Balaban J connectivity index is 2.55. The van der Waals surface area contributed by atoms with E-state index in [4.69, 9.17) is 14.9 Å². The normalized spacial score (nSPS) is 11.5. The lowest BCUT2D eigenvalue weighted by Crippen LogP contribution is -2.53. The van der Waals surface area contributed by atoms with Crippen molar-refractivity contribution in [1.82, 2.24) is 5.32 Å². The molecular formula is C15H23NO4. The van der Waals surface area contributed by atoms with E-state index in [1.807, 2.05) is 18.2 Å². The van der Waals surface area contributed by atoms with Gasteiger partial charge in [0.15, 0.2) is 6.61 Å². The van der Waals surface area contributed by atoms with Gasteiger partial charge in [-0.1, -0.05) is 26.0 Å². The van der Waals surface area contributed by atoms with Crippen LogP contribution < -0.4 is 10.1 Å². The zero-order chi connectivity index (χ0) is 15.2. The van der Waals surface area contributed by atoms with Crippen LogP contribution in [-0.4, -0.2) is 41.5 Å². The maximum atomic E-state index is 11.7. The molecule has 0 radical (unpaired) electrons. The van der Waals surface area contributed by atoms with Gasteiger partial charge in [-0.25, -0.2) is 0 Å². The quantitative estimate of drug-likeness (QED) is 0.698. The van der Waals surface area contributed by atoms with E-state index in [0.717, 1.165) is 5.56 Å². The highest BCUT2D eigenvalue weighted by atomic mass is 16.5. The summed E-state index contributed by atoms with van der Waals surface area (Å²) in [4.78, 5) is 11.7. The number of hydrogen-bond donors (Lipinski definition) is 3. The molecule has 0 heterocycles. The summed E-state index contributed by atoms with van der Waals surface area (Å²) >= 11 is 0. The van der Waals surface area contributed by atoms with Crippen molar-refractivity contribution in [2.75, 3.05) is 19.8 Å². The standard InChI is InChI=1S/C15H23NO4/c1-11(2)12-5-4-6-13(7-12)20-8-14(19)16-15(3,9-17)10-18/h4-7,11,17-18H,8-10H2,1-3H3,(H,16,19). The summed E-state index contributed by atoms with van der Waals surface area (Å²) in [6.07, 6.45) is 0. The molecule has 0 aliphatic carbocycles. The highest BCUT2D eigenvalue weighted by Gasteiger charge is 2.24. The first kappa shape index (κ1) is 16.5. The van der Waals surface area contributed by atoms with Crippen molar-refractivity contribution in [3.05, 3.63) is 29.8 Å². The first-order valence-corrected chi connectivity index (χ1v) is 6.65. The fraction of sp³-hybridized carbons (Fsp3) is 0.533. The zero-order valence-corrected chi connectivity index (χ0v) is 12.2. The lowest BCUT2D eigenvalue weighted by Gasteiger charge is -2.26. The number of benzene rings is 1.